The van der Waals surface area contributed by atoms with Crippen LogP contribution >= 0.6 is 0 Å². The molecule has 1 aliphatic rings. The van der Waals surface area contributed by atoms with Gasteiger partial charge in [0.1, 0.15) is 11.4 Å². The minimum Gasteiger partial charge on any atom is -0.340 e. The van der Waals surface area contributed by atoms with Crippen molar-refractivity contribution in [3.05, 3.63) is 21.5 Å². The summed E-state index contributed by atoms with van der Waals surface area (Å²) in [6.45, 7) is 7.91. The third-order valence-electron chi connectivity index (χ3n) is 3.78. The van der Waals surface area contributed by atoms with Crippen LogP contribution in [0.25, 0.3) is 0 Å². The fourth-order valence-electron chi connectivity index (χ4n) is 2.69. The van der Waals surface area contributed by atoms with Gasteiger partial charge in [-0.25, -0.2) is 0 Å². The summed E-state index contributed by atoms with van der Waals surface area (Å²) in [7, 11) is 0. The lowest BCUT2D eigenvalue weighted by Crippen LogP contribution is -2.51. The van der Waals surface area contributed by atoms with Crippen molar-refractivity contribution in [1.29, 1.82) is 0 Å². The number of amides is 1. The van der Waals surface area contributed by atoms with Crippen molar-refractivity contribution in [1.82, 2.24) is 20.0 Å². The van der Waals surface area contributed by atoms with Crippen LogP contribution in [0.15, 0.2) is 0 Å². The second-order valence-electron chi connectivity index (χ2n) is 5.44. The summed E-state index contributed by atoms with van der Waals surface area (Å²) in [6, 6.07) is 0.303. The topological polar surface area (TPSA) is 93.3 Å². The Labute approximate surface area is 123 Å². The standard InChI is InChI=1S/C13H21N5O3/c1-9-8-16(7-5-14-9)12(19)4-6-17-11(3)13(18(20)21)10(2)15-17/h9,14H,4-8H2,1-3H3. The molecule has 0 aliphatic carbocycles. The first kappa shape index (κ1) is 15.4. The quantitative estimate of drug-likeness (QED) is 0.649. The van der Waals surface area contributed by atoms with E-state index in [4.69, 9.17) is 0 Å². The van der Waals surface area contributed by atoms with Crippen molar-refractivity contribution < 1.29 is 9.72 Å². The Kier molecular flexibility index (Phi) is 4.56. The predicted molar refractivity (Wildman–Crippen MR) is 77.0 cm³/mol. The molecule has 0 bridgehead atoms. The predicted octanol–water partition coefficient (Wildman–Crippen LogP) is 0.619. The van der Waals surface area contributed by atoms with Gasteiger partial charge in [0, 0.05) is 32.1 Å². The first-order valence-corrected chi connectivity index (χ1v) is 7.09. The Morgan fingerprint density at radius 3 is 2.81 bits per heavy atom. The van der Waals surface area contributed by atoms with Crippen LogP contribution in [0.3, 0.4) is 0 Å². The van der Waals surface area contributed by atoms with Gasteiger partial charge in [-0.1, -0.05) is 0 Å². The zero-order valence-corrected chi connectivity index (χ0v) is 12.6. The SMILES string of the molecule is Cc1nn(CCC(=O)N2CCNC(C)C2)c(C)c1[N+](=O)[O-]. The minimum absolute atomic E-state index is 0.0400. The van der Waals surface area contributed by atoms with Crippen LogP contribution in [0.2, 0.25) is 0 Å². The molecular formula is C13H21N5O3. The lowest BCUT2D eigenvalue weighted by molar-refractivity contribution is -0.386. The van der Waals surface area contributed by atoms with Crippen molar-refractivity contribution in [3.63, 3.8) is 0 Å². The highest BCUT2D eigenvalue weighted by molar-refractivity contribution is 5.76. The highest BCUT2D eigenvalue weighted by Gasteiger charge is 2.23. The number of nitrogens with zero attached hydrogens (tertiary/aromatic N) is 4. The van der Waals surface area contributed by atoms with Crippen LogP contribution in [0, 0.1) is 24.0 Å². The molecule has 0 saturated carbocycles. The second kappa shape index (κ2) is 6.21. The molecule has 0 aromatic carbocycles. The van der Waals surface area contributed by atoms with E-state index >= 15 is 0 Å². The van der Waals surface area contributed by atoms with Crippen molar-refractivity contribution in [3.8, 4) is 0 Å². The van der Waals surface area contributed by atoms with E-state index in [0.29, 0.717) is 43.5 Å². The lowest BCUT2D eigenvalue weighted by atomic mass is 10.2. The molecule has 8 nitrogen and oxygen atoms in total. The highest BCUT2D eigenvalue weighted by atomic mass is 16.6. The summed E-state index contributed by atoms with van der Waals surface area (Å²) in [4.78, 5) is 24.5. The number of carbonyl (C=O) groups excluding carboxylic acids is 1. The Bertz CT molecular complexity index is 554. The molecule has 1 aromatic rings. The van der Waals surface area contributed by atoms with Gasteiger partial charge in [0.25, 0.3) is 0 Å². The van der Waals surface area contributed by atoms with Crippen LogP contribution in [0.1, 0.15) is 24.7 Å². The average molecular weight is 295 g/mol. The maximum Gasteiger partial charge on any atom is 0.312 e. The van der Waals surface area contributed by atoms with Gasteiger partial charge >= 0.3 is 5.69 Å². The number of hydrogen-bond acceptors (Lipinski definition) is 5. The van der Waals surface area contributed by atoms with Crippen LogP contribution in [0.5, 0.6) is 0 Å². The zero-order chi connectivity index (χ0) is 15.6. The fourth-order valence-corrected chi connectivity index (χ4v) is 2.69. The monoisotopic (exact) mass is 295 g/mol. The van der Waals surface area contributed by atoms with Crippen LogP contribution < -0.4 is 5.32 Å². The smallest absolute Gasteiger partial charge is 0.312 e. The van der Waals surface area contributed by atoms with Crippen LogP contribution in [0.4, 0.5) is 5.69 Å². The van der Waals surface area contributed by atoms with Gasteiger partial charge in [-0.05, 0) is 20.8 Å². The molecule has 21 heavy (non-hydrogen) atoms. The first-order valence-electron chi connectivity index (χ1n) is 7.09. The number of aromatic nitrogens is 2. The molecule has 0 spiro atoms. The largest absolute Gasteiger partial charge is 0.340 e. The molecule has 1 saturated heterocycles. The summed E-state index contributed by atoms with van der Waals surface area (Å²) in [6.07, 6.45) is 0.311. The fraction of sp³-hybridized carbons (Fsp3) is 0.692. The summed E-state index contributed by atoms with van der Waals surface area (Å²) >= 11 is 0. The number of hydrogen-bond donors (Lipinski definition) is 1. The molecule has 0 radical (unpaired) electrons. The summed E-state index contributed by atoms with van der Waals surface area (Å²) < 4.78 is 1.55. The van der Waals surface area contributed by atoms with E-state index < -0.39 is 4.92 Å². The molecule has 116 valence electrons. The van der Waals surface area contributed by atoms with Crippen molar-refractivity contribution >= 4 is 11.6 Å². The molecule has 8 heteroatoms. The maximum absolute atomic E-state index is 12.2. The lowest BCUT2D eigenvalue weighted by Gasteiger charge is -2.32. The highest BCUT2D eigenvalue weighted by Crippen LogP contribution is 2.21. The summed E-state index contributed by atoms with van der Waals surface area (Å²) in [5.74, 6) is 0.0681. The molecule has 1 amide bonds. The van der Waals surface area contributed by atoms with Gasteiger partial charge in [-0.15, -0.1) is 0 Å². The number of carbonyl (C=O) groups is 1. The van der Waals surface area contributed by atoms with Gasteiger partial charge in [-0.3, -0.25) is 19.6 Å². The van der Waals surface area contributed by atoms with E-state index in [2.05, 4.69) is 10.4 Å². The number of aryl methyl sites for hydroxylation is 2. The second-order valence-corrected chi connectivity index (χ2v) is 5.44. The van der Waals surface area contributed by atoms with Gasteiger partial charge in [0.2, 0.25) is 5.91 Å². The van der Waals surface area contributed by atoms with Crippen molar-refractivity contribution in [2.75, 3.05) is 19.6 Å². The molecule has 1 unspecified atom stereocenters. The number of rotatable bonds is 4. The average Bonchev–Trinajstić information content (AvgIpc) is 2.70. The molecule has 1 N–H and O–H groups in total. The number of nitro groups is 1. The maximum atomic E-state index is 12.2. The van der Waals surface area contributed by atoms with Crippen LogP contribution in [-0.2, 0) is 11.3 Å². The van der Waals surface area contributed by atoms with Gasteiger partial charge < -0.3 is 10.2 Å². The Morgan fingerprint density at radius 2 is 2.24 bits per heavy atom. The third-order valence-corrected chi connectivity index (χ3v) is 3.78. The summed E-state index contributed by atoms with van der Waals surface area (Å²) in [5.41, 5.74) is 0.929. The van der Waals surface area contributed by atoms with Gasteiger partial charge in [0.05, 0.1) is 11.5 Å². The van der Waals surface area contributed by atoms with E-state index in [1.807, 2.05) is 11.8 Å². The normalized spacial score (nSPS) is 18.8. The third kappa shape index (κ3) is 3.38. The Hall–Kier alpha value is -1.96. The molecule has 1 aliphatic heterocycles. The van der Waals surface area contributed by atoms with Crippen molar-refractivity contribution in [2.45, 2.75) is 39.8 Å². The van der Waals surface area contributed by atoms with E-state index in [-0.39, 0.29) is 11.6 Å². The van der Waals surface area contributed by atoms with E-state index in [0.717, 1.165) is 6.54 Å². The molecule has 1 atom stereocenters. The van der Waals surface area contributed by atoms with E-state index in [1.54, 1.807) is 18.5 Å². The molecule has 1 fully saturated rings. The molecule has 2 heterocycles. The first-order chi connectivity index (χ1) is 9.90. The molecule has 2 rings (SSSR count). The molecule has 1 aromatic heterocycles. The van der Waals surface area contributed by atoms with E-state index in [1.165, 1.54) is 0 Å². The van der Waals surface area contributed by atoms with Crippen LogP contribution in [-0.4, -0.2) is 51.2 Å². The van der Waals surface area contributed by atoms with Crippen molar-refractivity contribution in [2.24, 2.45) is 0 Å². The molecular weight excluding hydrogens is 274 g/mol. The zero-order valence-electron chi connectivity index (χ0n) is 12.6. The van der Waals surface area contributed by atoms with Gasteiger partial charge in [0.15, 0.2) is 0 Å². The number of nitrogens with one attached hydrogen (secondary N) is 1. The van der Waals surface area contributed by atoms with Gasteiger partial charge in [-0.2, -0.15) is 5.10 Å². The Balaban J connectivity index is 1.98. The summed E-state index contributed by atoms with van der Waals surface area (Å²) in [5, 5.41) is 18.4. The minimum atomic E-state index is -0.423. The number of piperazine rings is 1. The Morgan fingerprint density at radius 1 is 1.52 bits per heavy atom. The van der Waals surface area contributed by atoms with E-state index in [9.17, 15) is 14.9 Å².